The molecule has 0 saturated heterocycles. The van der Waals surface area contributed by atoms with Crippen LogP contribution in [0.2, 0.25) is 0 Å². The van der Waals surface area contributed by atoms with Gasteiger partial charge in [-0.15, -0.1) is 0 Å². The van der Waals surface area contributed by atoms with Gasteiger partial charge in [-0.2, -0.15) is 0 Å². The van der Waals surface area contributed by atoms with Crippen LogP contribution in [0.1, 0.15) is 27.2 Å². The van der Waals surface area contributed by atoms with Gasteiger partial charge in [-0.1, -0.05) is 0 Å². The lowest BCUT2D eigenvalue weighted by atomic mass is 10.0. The molecule has 17 heavy (non-hydrogen) atoms. The van der Waals surface area contributed by atoms with Crippen LogP contribution in [0.25, 0.3) is 0 Å². The van der Waals surface area contributed by atoms with E-state index >= 15 is 0 Å². The van der Waals surface area contributed by atoms with E-state index in [9.17, 15) is 4.39 Å². The average molecular weight is 240 g/mol. The van der Waals surface area contributed by atoms with Crippen LogP contribution in [-0.2, 0) is 0 Å². The highest BCUT2D eigenvalue weighted by Crippen LogP contribution is 2.24. The minimum Gasteiger partial charge on any atom is -0.491 e. The quantitative estimate of drug-likeness (QED) is 0.803. The molecule has 0 aromatic heterocycles. The fraction of sp³-hybridized carbons (Fsp3) is 0.538. The molecule has 0 fully saturated rings. The minimum atomic E-state index is -0.347. The van der Waals surface area contributed by atoms with Crippen molar-refractivity contribution < 1.29 is 9.13 Å². The summed E-state index contributed by atoms with van der Waals surface area (Å²) in [7, 11) is 0. The van der Waals surface area contributed by atoms with Gasteiger partial charge in [0.2, 0.25) is 0 Å². The number of halogens is 1. The van der Waals surface area contributed by atoms with Gasteiger partial charge in [-0.3, -0.25) is 0 Å². The van der Waals surface area contributed by atoms with Crippen LogP contribution in [0.3, 0.4) is 0 Å². The first-order chi connectivity index (χ1) is 7.98. The van der Waals surface area contributed by atoms with Gasteiger partial charge >= 0.3 is 0 Å². The largest absolute Gasteiger partial charge is 0.491 e. The molecule has 0 atom stereocenters. The zero-order valence-corrected chi connectivity index (χ0v) is 10.7. The van der Waals surface area contributed by atoms with Crippen LogP contribution >= 0.6 is 0 Å². The molecule has 0 aliphatic rings. The van der Waals surface area contributed by atoms with Gasteiger partial charge in [0, 0.05) is 17.3 Å². The van der Waals surface area contributed by atoms with Crippen molar-refractivity contribution in [2.75, 3.05) is 18.5 Å². The third-order valence-electron chi connectivity index (χ3n) is 2.48. The summed E-state index contributed by atoms with van der Waals surface area (Å²) in [5.74, 6) is -0.0601. The summed E-state index contributed by atoms with van der Waals surface area (Å²) in [4.78, 5) is 0. The van der Waals surface area contributed by atoms with Gasteiger partial charge in [0.1, 0.15) is 0 Å². The highest BCUT2D eigenvalue weighted by atomic mass is 19.1. The smallest absolute Gasteiger partial charge is 0.167 e. The maximum Gasteiger partial charge on any atom is 0.167 e. The van der Waals surface area contributed by atoms with Crippen molar-refractivity contribution in [1.29, 1.82) is 0 Å². The molecule has 1 aromatic rings. The molecule has 0 radical (unpaired) electrons. The first-order valence-corrected chi connectivity index (χ1v) is 5.89. The second-order valence-electron chi connectivity index (χ2n) is 4.63. The van der Waals surface area contributed by atoms with Gasteiger partial charge < -0.3 is 15.8 Å². The van der Waals surface area contributed by atoms with Gasteiger partial charge in [0.15, 0.2) is 11.6 Å². The van der Waals surface area contributed by atoms with Crippen LogP contribution in [0.4, 0.5) is 10.1 Å². The summed E-state index contributed by atoms with van der Waals surface area (Å²) in [5, 5.41) is 3.25. The zero-order chi connectivity index (χ0) is 12.9. The van der Waals surface area contributed by atoms with Gasteiger partial charge in [-0.05, 0) is 45.9 Å². The highest BCUT2D eigenvalue weighted by molar-refractivity contribution is 5.48. The summed E-state index contributed by atoms with van der Waals surface area (Å²) in [6.45, 7) is 6.96. The molecule has 0 saturated carbocycles. The number of hydrogen-bond donors (Lipinski definition) is 2. The third-order valence-corrected chi connectivity index (χ3v) is 2.48. The molecule has 4 heteroatoms. The lowest BCUT2D eigenvalue weighted by molar-refractivity contribution is 0.321. The van der Waals surface area contributed by atoms with E-state index < -0.39 is 0 Å². The molecule has 0 unspecified atom stereocenters. The first kappa shape index (κ1) is 13.8. The number of nitrogens with two attached hydrogens (primary N) is 1. The van der Waals surface area contributed by atoms with E-state index in [0.717, 1.165) is 12.1 Å². The number of rotatable bonds is 6. The maximum atomic E-state index is 13.6. The molecule has 1 aromatic carbocycles. The lowest BCUT2D eigenvalue weighted by Gasteiger charge is -2.27. The van der Waals surface area contributed by atoms with Crippen molar-refractivity contribution in [3.63, 3.8) is 0 Å². The van der Waals surface area contributed by atoms with Crippen molar-refractivity contribution in [3.8, 4) is 5.75 Å². The molecule has 0 aliphatic heterocycles. The Morgan fingerprint density at radius 1 is 1.41 bits per heavy atom. The number of benzene rings is 1. The van der Waals surface area contributed by atoms with Crippen molar-refractivity contribution in [3.05, 3.63) is 24.0 Å². The number of nitrogens with one attached hydrogen (secondary N) is 1. The Hall–Kier alpha value is -1.29. The van der Waals surface area contributed by atoms with Crippen LogP contribution < -0.4 is 15.8 Å². The van der Waals surface area contributed by atoms with Crippen molar-refractivity contribution in [2.45, 2.75) is 32.7 Å². The lowest BCUT2D eigenvalue weighted by Crippen LogP contribution is -2.33. The van der Waals surface area contributed by atoms with Gasteiger partial charge in [0.05, 0.1) is 6.61 Å². The molecule has 0 bridgehead atoms. The highest BCUT2D eigenvalue weighted by Gasteiger charge is 2.16. The average Bonchev–Trinajstić information content (AvgIpc) is 2.21. The van der Waals surface area contributed by atoms with Crippen LogP contribution in [-0.4, -0.2) is 18.7 Å². The van der Waals surface area contributed by atoms with E-state index in [1.165, 1.54) is 6.07 Å². The van der Waals surface area contributed by atoms with E-state index in [1.807, 2.05) is 26.8 Å². The molecule has 0 amide bonds. The second kappa shape index (κ2) is 5.87. The molecule has 0 spiro atoms. The van der Waals surface area contributed by atoms with E-state index in [-0.39, 0.29) is 17.1 Å². The second-order valence-corrected chi connectivity index (χ2v) is 4.63. The van der Waals surface area contributed by atoms with Gasteiger partial charge in [-0.25, -0.2) is 4.39 Å². The Morgan fingerprint density at radius 2 is 2.12 bits per heavy atom. The monoisotopic (exact) mass is 240 g/mol. The SMILES string of the molecule is CCOc1ccc(NC(C)(C)CCN)cc1F. The Labute approximate surface area is 102 Å². The predicted molar refractivity (Wildman–Crippen MR) is 68.9 cm³/mol. The number of hydrogen-bond acceptors (Lipinski definition) is 3. The van der Waals surface area contributed by atoms with Crippen LogP contribution in [0.5, 0.6) is 5.75 Å². The minimum absolute atomic E-state index is 0.145. The summed E-state index contributed by atoms with van der Waals surface area (Å²) in [5.41, 5.74) is 6.12. The molecule has 1 rings (SSSR count). The van der Waals surface area contributed by atoms with E-state index in [0.29, 0.717) is 13.2 Å². The fourth-order valence-corrected chi connectivity index (χ4v) is 1.67. The predicted octanol–water partition coefficient (Wildman–Crippen LogP) is 2.76. The van der Waals surface area contributed by atoms with Crippen LogP contribution in [0.15, 0.2) is 18.2 Å². The van der Waals surface area contributed by atoms with E-state index in [1.54, 1.807) is 6.07 Å². The van der Waals surface area contributed by atoms with E-state index in [4.69, 9.17) is 10.5 Å². The van der Waals surface area contributed by atoms with Crippen LogP contribution in [0, 0.1) is 5.82 Å². The number of ether oxygens (including phenoxy) is 1. The zero-order valence-electron chi connectivity index (χ0n) is 10.7. The Morgan fingerprint density at radius 3 is 2.65 bits per heavy atom. The van der Waals surface area contributed by atoms with Crippen molar-refractivity contribution in [1.82, 2.24) is 0 Å². The molecule has 3 N–H and O–H groups in total. The summed E-state index contributed by atoms with van der Waals surface area (Å²) in [6, 6.07) is 4.90. The standard InChI is InChI=1S/C13H21FN2O/c1-4-17-12-6-5-10(9-11(12)14)16-13(2,3)7-8-15/h5-6,9,16H,4,7-8,15H2,1-3H3. The van der Waals surface area contributed by atoms with Crippen molar-refractivity contribution in [2.24, 2.45) is 5.73 Å². The Kier molecular flexibility index (Phi) is 4.75. The third kappa shape index (κ3) is 4.23. The van der Waals surface area contributed by atoms with Gasteiger partial charge in [0.25, 0.3) is 0 Å². The molecular weight excluding hydrogens is 219 g/mol. The summed E-state index contributed by atoms with van der Waals surface area (Å²) >= 11 is 0. The first-order valence-electron chi connectivity index (χ1n) is 5.89. The van der Waals surface area contributed by atoms with Crippen molar-refractivity contribution >= 4 is 5.69 Å². The number of anilines is 1. The maximum absolute atomic E-state index is 13.6. The Balaban J connectivity index is 2.76. The van der Waals surface area contributed by atoms with E-state index in [2.05, 4.69) is 5.32 Å². The molecule has 96 valence electrons. The summed E-state index contributed by atoms with van der Waals surface area (Å²) in [6.07, 6.45) is 0.821. The molecule has 3 nitrogen and oxygen atoms in total. The molecule has 0 heterocycles. The fourth-order valence-electron chi connectivity index (χ4n) is 1.67. The summed E-state index contributed by atoms with van der Waals surface area (Å²) < 4.78 is 18.8. The Bertz CT molecular complexity index is 366. The normalized spacial score (nSPS) is 11.4. The topological polar surface area (TPSA) is 47.3 Å². The molecular formula is C13H21FN2O. The molecule has 0 aliphatic carbocycles.